The number of hydrogen-bond donors (Lipinski definition) is 3. The first kappa shape index (κ1) is 22.9. The Morgan fingerprint density at radius 3 is 2.67 bits per heavy atom. The first-order chi connectivity index (χ1) is 16.0. The number of H-pyrrole nitrogens is 1. The fraction of sp³-hybridized carbons (Fsp3) is 0.304. The van der Waals surface area contributed by atoms with Crippen LogP contribution in [0.5, 0.6) is 5.75 Å². The number of nitrogens with zero attached hydrogens (tertiary/aromatic N) is 2. The molecule has 1 fully saturated rings. The van der Waals surface area contributed by atoms with Crippen molar-refractivity contribution in [1.82, 2.24) is 20.3 Å². The lowest BCUT2D eigenvalue weighted by molar-refractivity contribution is 0.102. The number of carbonyl (C=O) groups excluding carboxylic acids is 2. The van der Waals surface area contributed by atoms with Gasteiger partial charge < -0.3 is 20.4 Å². The van der Waals surface area contributed by atoms with Crippen molar-refractivity contribution in [2.24, 2.45) is 5.92 Å². The largest absolute Gasteiger partial charge is 0.494 e. The van der Waals surface area contributed by atoms with Crippen molar-refractivity contribution in [3.05, 3.63) is 70.3 Å². The van der Waals surface area contributed by atoms with Gasteiger partial charge in [-0.1, -0.05) is 11.6 Å². The smallest absolute Gasteiger partial charge is 0.272 e. The summed E-state index contributed by atoms with van der Waals surface area (Å²) in [6, 6.07) is 4.05. The minimum Gasteiger partial charge on any atom is -0.494 e. The highest BCUT2D eigenvalue weighted by molar-refractivity contribution is 6.35. The van der Waals surface area contributed by atoms with E-state index in [4.69, 9.17) is 16.3 Å². The maximum atomic E-state index is 14.6. The van der Waals surface area contributed by atoms with Crippen LogP contribution in [-0.2, 0) is 6.42 Å². The molecule has 1 aromatic carbocycles. The fourth-order valence-corrected chi connectivity index (χ4v) is 4.00. The number of anilines is 1. The molecule has 3 heterocycles. The van der Waals surface area contributed by atoms with Gasteiger partial charge in [0.2, 0.25) is 0 Å². The molecule has 0 atom stereocenters. The van der Waals surface area contributed by atoms with Gasteiger partial charge in [-0.2, -0.15) is 0 Å². The third-order valence-corrected chi connectivity index (χ3v) is 5.90. The van der Waals surface area contributed by atoms with Gasteiger partial charge in [-0.3, -0.25) is 9.59 Å². The van der Waals surface area contributed by atoms with E-state index >= 15 is 0 Å². The summed E-state index contributed by atoms with van der Waals surface area (Å²) in [6.07, 6.45) is 7.44. The topological polar surface area (TPSA) is 109 Å². The second-order valence-corrected chi connectivity index (χ2v) is 8.22. The van der Waals surface area contributed by atoms with Gasteiger partial charge in [-0.05, 0) is 50.0 Å². The summed E-state index contributed by atoms with van der Waals surface area (Å²) in [5.41, 5.74) is 0.317. The average molecular weight is 472 g/mol. The molecule has 1 amide bonds. The highest BCUT2D eigenvalue weighted by atomic mass is 35.5. The van der Waals surface area contributed by atoms with E-state index in [2.05, 4.69) is 25.6 Å². The summed E-state index contributed by atoms with van der Waals surface area (Å²) < 4.78 is 19.5. The quantitative estimate of drug-likeness (QED) is 0.454. The zero-order valence-electron chi connectivity index (χ0n) is 18.0. The highest BCUT2D eigenvalue weighted by Gasteiger charge is 2.23. The number of halogens is 2. The number of benzene rings is 1. The summed E-state index contributed by atoms with van der Waals surface area (Å²) in [4.78, 5) is 36.8. The molecule has 172 valence electrons. The maximum absolute atomic E-state index is 14.6. The van der Waals surface area contributed by atoms with E-state index in [0.29, 0.717) is 11.6 Å². The van der Waals surface area contributed by atoms with Gasteiger partial charge in [-0.25, -0.2) is 14.4 Å². The van der Waals surface area contributed by atoms with Crippen LogP contribution in [0, 0.1) is 11.7 Å². The van der Waals surface area contributed by atoms with E-state index in [9.17, 15) is 14.0 Å². The Hall–Kier alpha value is -3.30. The van der Waals surface area contributed by atoms with Crippen molar-refractivity contribution < 1.29 is 18.7 Å². The van der Waals surface area contributed by atoms with Gasteiger partial charge in [0, 0.05) is 18.2 Å². The van der Waals surface area contributed by atoms with Crippen molar-refractivity contribution in [3.63, 3.8) is 0 Å². The lowest BCUT2D eigenvalue weighted by Gasteiger charge is -2.21. The van der Waals surface area contributed by atoms with Gasteiger partial charge in [0.15, 0.2) is 17.3 Å². The molecule has 1 saturated heterocycles. The number of amides is 1. The molecular formula is C23H23ClFN5O3. The van der Waals surface area contributed by atoms with Crippen LogP contribution in [-0.4, -0.2) is 46.8 Å². The lowest BCUT2D eigenvalue weighted by atomic mass is 9.94. The molecule has 10 heteroatoms. The molecule has 2 aromatic heterocycles. The number of methoxy groups -OCH3 is 1. The van der Waals surface area contributed by atoms with Crippen LogP contribution in [0.4, 0.5) is 10.1 Å². The Labute approximate surface area is 194 Å². The maximum Gasteiger partial charge on any atom is 0.272 e. The number of ether oxygens (including phenoxy) is 1. The zero-order valence-corrected chi connectivity index (χ0v) is 18.7. The van der Waals surface area contributed by atoms with E-state index in [1.54, 1.807) is 12.4 Å². The summed E-state index contributed by atoms with van der Waals surface area (Å²) in [7, 11) is 1.29. The monoisotopic (exact) mass is 471 g/mol. The zero-order chi connectivity index (χ0) is 23.4. The first-order valence-corrected chi connectivity index (χ1v) is 10.9. The summed E-state index contributed by atoms with van der Waals surface area (Å²) >= 11 is 6.03. The fourth-order valence-electron chi connectivity index (χ4n) is 3.77. The second-order valence-electron chi connectivity index (χ2n) is 7.81. The molecule has 0 spiro atoms. The molecule has 0 saturated carbocycles. The SMILES string of the molecule is COc1ccc(Cl)c(C(=O)c2c[nH]c(C(=O)Nc3cnc(CC4CCNCC4)nc3)c2)c1F. The molecule has 0 radical (unpaired) electrons. The summed E-state index contributed by atoms with van der Waals surface area (Å²) in [6.45, 7) is 2.02. The van der Waals surface area contributed by atoms with Crippen LogP contribution in [0.2, 0.25) is 5.02 Å². The molecule has 0 aliphatic carbocycles. The molecule has 0 unspecified atom stereocenters. The van der Waals surface area contributed by atoms with Gasteiger partial charge in [0.05, 0.1) is 35.8 Å². The number of ketones is 1. The number of hydrogen-bond acceptors (Lipinski definition) is 6. The lowest BCUT2D eigenvalue weighted by Crippen LogP contribution is -2.29. The molecule has 0 bridgehead atoms. The summed E-state index contributed by atoms with van der Waals surface area (Å²) in [5, 5.41) is 5.97. The van der Waals surface area contributed by atoms with Gasteiger partial charge in [0.1, 0.15) is 11.5 Å². The normalized spacial score (nSPS) is 14.2. The van der Waals surface area contributed by atoms with Crippen molar-refractivity contribution in [3.8, 4) is 5.75 Å². The predicted octanol–water partition coefficient (Wildman–Crippen LogP) is 3.63. The van der Waals surface area contributed by atoms with Crippen molar-refractivity contribution in [2.75, 3.05) is 25.5 Å². The van der Waals surface area contributed by atoms with Crippen LogP contribution in [0.25, 0.3) is 0 Å². The van der Waals surface area contributed by atoms with Crippen molar-refractivity contribution >= 4 is 29.0 Å². The van der Waals surface area contributed by atoms with Gasteiger partial charge in [0.25, 0.3) is 5.91 Å². The molecule has 1 aliphatic rings. The Balaban J connectivity index is 1.42. The van der Waals surface area contributed by atoms with Crippen LogP contribution < -0.4 is 15.4 Å². The molecular weight excluding hydrogens is 449 g/mol. The van der Waals surface area contributed by atoms with Crippen molar-refractivity contribution in [2.45, 2.75) is 19.3 Å². The molecule has 33 heavy (non-hydrogen) atoms. The van der Waals surface area contributed by atoms with Crippen LogP contribution >= 0.6 is 11.6 Å². The number of rotatable bonds is 7. The van der Waals surface area contributed by atoms with Gasteiger partial charge >= 0.3 is 0 Å². The Bertz CT molecular complexity index is 1160. The predicted molar refractivity (Wildman–Crippen MR) is 121 cm³/mol. The van der Waals surface area contributed by atoms with E-state index in [1.165, 1.54) is 31.5 Å². The number of carbonyl (C=O) groups is 2. The van der Waals surface area contributed by atoms with E-state index in [1.807, 2.05) is 0 Å². The highest BCUT2D eigenvalue weighted by Crippen LogP contribution is 2.29. The average Bonchev–Trinajstić information content (AvgIpc) is 3.32. The Morgan fingerprint density at radius 1 is 1.24 bits per heavy atom. The van der Waals surface area contributed by atoms with Crippen molar-refractivity contribution in [1.29, 1.82) is 0 Å². The summed E-state index contributed by atoms with van der Waals surface area (Å²) in [5.74, 6) is -0.809. The standard InChI is InChI=1S/C23H23ClFN5O3/c1-33-18-3-2-16(24)20(21(18)25)22(31)14-9-17(27-10-14)23(32)30-15-11-28-19(29-12-15)8-13-4-6-26-7-5-13/h2-3,9-13,26-27H,4-8H2,1H3,(H,30,32). The Kier molecular flexibility index (Phi) is 7.00. The molecule has 4 rings (SSSR count). The number of aromatic nitrogens is 3. The van der Waals surface area contributed by atoms with E-state index < -0.39 is 17.5 Å². The molecule has 8 nitrogen and oxygen atoms in total. The van der Waals surface area contributed by atoms with Crippen LogP contribution in [0.15, 0.2) is 36.8 Å². The van der Waals surface area contributed by atoms with E-state index in [-0.39, 0.29) is 27.6 Å². The second kappa shape index (κ2) is 10.1. The third-order valence-electron chi connectivity index (χ3n) is 5.59. The number of piperidine rings is 1. The minimum absolute atomic E-state index is 0.0489. The Morgan fingerprint density at radius 2 is 1.97 bits per heavy atom. The minimum atomic E-state index is -0.857. The molecule has 3 N–H and O–H groups in total. The number of aromatic amines is 1. The van der Waals surface area contributed by atoms with Crippen LogP contribution in [0.1, 0.15) is 45.1 Å². The molecule has 1 aliphatic heterocycles. The molecule has 3 aromatic rings. The van der Waals surface area contributed by atoms with Gasteiger partial charge in [-0.15, -0.1) is 0 Å². The number of nitrogens with one attached hydrogen (secondary N) is 3. The first-order valence-electron chi connectivity index (χ1n) is 10.5. The third kappa shape index (κ3) is 5.20. The van der Waals surface area contributed by atoms with Crippen LogP contribution in [0.3, 0.4) is 0 Å². The van der Waals surface area contributed by atoms with E-state index in [0.717, 1.165) is 38.2 Å².